The molecule has 3 aromatic rings. The average molecular weight is 371 g/mol. The fourth-order valence-corrected chi connectivity index (χ4v) is 3.78. The molecule has 0 unspecified atom stereocenters. The summed E-state index contributed by atoms with van der Waals surface area (Å²) in [5.74, 6) is 0.705. The zero-order valence-corrected chi connectivity index (χ0v) is 15.6. The first-order chi connectivity index (χ1) is 12.6. The summed E-state index contributed by atoms with van der Waals surface area (Å²) in [5.41, 5.74) is 0.440. The van der Waals surface area contributed by atoms with Gasteiger partial charge in [-0.15, -0.1) is 10.2 Å². The van der Waals surface area contributed by atoms with E-state index in [0.29, 0.717) is 34.2 Å². The Balaban J connectivity index is 1.62. The maximum atomic E-state index is 12.2. The lowest BCUT2D eigenvalue weighted by Crippen LogP contribution is -2.16. The average Bonchev–Trinajstić information content (AvgIpc) is 3.09. The SMILES string of the molecule is CCC(CC)c1nnc(NC(=O)CCc2nc3ccccc3c(=O)[nH]2)s1. The van der Waals surface area contributed by atoms with Crippen molar-refractivity contribution in [2.75, 3.05) is 5.32 Å². The van der Waals surface area contributed by atoms with Crippen molar-refractivity contribution in [3.05, 3.63) is 45.5 Å². The Hall–Kier alpha value is -2.61. The number of nitrogens with zero attached hydrogens (tertiary/aromatic N) is 3. The van der Waals surface area contributed by atoms with E-state index in [1.807, 2.05) is 6.07 Å². The third-order valence-electron chi connectivity index (χ3n) is 4.27. The van der Waals surface area contributed by atoms with Gasteiger partial charge in [-0.05, 0) is 25.0 Å². The van der Waals surface area contributed by atoms with E-state index in [-0.39, 0.29) is 17.9 Å². The summed E-state index contributed by atoms with van der Waals surface area (Å²) in [6, 6.07) is 7.14. The molecule has 0 spiro atoms. The predicted octanol–water partition coefficient (Wildman–Crippen LogP) is 3.25. The van der Waals surface area contributed by atoms with Gasteiger partial charge in [0.2, 0.25) is 11.0 Å². The van der Waals surface area contributed by atoms with E-state index in [2.05, 4.69) is 39.3 Å². The number of carbonyl (C=O) groups excluding carboxylic acids is 1. The van der Waals surface area contributed by atoms with Crippen LogP contribution in [0.4, 0.5) is 5.13 Å². The third kappa shape index (κ3) is 4.13. The number of hydrogen-bond donors (Lipinski definition) is 2. The molecule has 8 heteroatoms. The van der Waals surface area contributed by atoms with Crippen molar-refractivity contribution in [3.63, 3.8) is 0 Å². The number of amides is 1. The zero-order chi connectivity index (χ0) is 18.5. The standard InChI is InChI=1S/C18H21N5O2S/c1-3-11(4-2)17-22-23-18(26-17)21-15(24)10-9-14-19-13-8-6-5-7-12(13)16(25)20-14/h5-8,11H,3-4,9-10H2,1-2H3,(H,19,20,25)(H,21,23,24). The van der Waals surface area contributed by atoms with Crippen molar-refractivity contribution in [2.45, 2.75) is 45.4 Å². The van der Waals surface area contributed by atoms with E-state index in [4.69, 9.17) is 0 Å². The number of benzene rings is 1. The molecule has 2 N–H and O–H groups in total. The van der Waals surface area contributed by atoms with E-state index >= 15 is 0 Å². The monoisotopic (exact) mass is 371 g/mol. The van der Waals surface area contributed by atoms with Crippen LogP contribution in [0, 0.1) is 0 Å². The molecule has 0 radical (unpaired) electrons. The summed E-state index contributed by atoms with van der Waals surface area (Å²) in [6.07, 6.45) is 2.56. The first-order valence-corrected chi connectivity index (χ1v) is 9.53. The fraction of sp³-hybridized carbons (Fsp3) is 0.389. The number of aryl methyl sites for hydroxylation is 1. The molecule has 1 amide bonds. The number of H-pyrrole nitrogens is 1. The van der Waals surface area contributed by atoms with Crippen LogP contribution in [-0.2, 0) is 11.2 Å². The van der Waals surface area contributed by atoms with Gasteiger partial charge in [0.25, 0.3) is 5.56 Å². The summed E-state index contributed by atoms with van der Waals surface area (Å²) < 4.78 is 0. The van der Waals surface area contributed by atoms with Crippen molar-refractivity contribution in [1.82, 2.24) is 20.2 Å². The smallest absolute Gasteiger partial charge is 0.258 e. The highest BCUT2D eigenvalue weighted by Gasteiger charge is 2.15. The minimum absolute atomic E-state index is 0.173. The molecule has 2 aromatic heterocycles. The first kappa shape index (κ1) is 18.2. The van der Waals surface area contributed by atoms with Crippen LogP contribution in [0.1, 0.15) is 49.9 Å². The molecule has 0 bridgehead atoms. The number of carbonyl (C=O) groups is 1. The van der Waals surface area contributed by atoms with Crippen LogP contribution in [0.2, 0.25) is 0 Å². The number of rotatable bonds is 7. The van der Waals surface area contributed by atoms with Gasteiger partial charge in [-0.3, -0.25) is 9.59 Å². The maximum Gasteiger partial charge on any atom is 0.258 e. The van der Waals surface area contributed by atoms with Crippen molar-refractivity contribution in [3.8, 4) is 0 Å². The number of hydrogen-bond acceptors (Lipinski definition) is 6. The third-order valence-corrected chi connectivity index (χ3v) is 5.27. The number of aromatic amines is 1. The van der Waals surface area contributed by atoms with E-state index < -0.39 is 0 Å². The Morgan fingerprint density at radius 2 is 2.00 bits per heavy atom. The maximum absolute atomic E-state index is 12.2. The summed E-state index contributed by atoms with van der Waals surface area (Å²) in [7, 11) is 0. The Morgan fingerprint density at radius 3 is 2.77 bits per heavy atom. The van der Waals surface area contributed by atoms with Gasteiger partial charge in [0.1, 0.15) is 10.8 Å². The van der Waals surface area contributed by atoms with Crippen LogP contribution in [0.5, 0.6) is 0 Å². The van der Waals surface area contributed by atoms with Gasteiger partial charge in [-0.1, -0.05) is 37.3 Å². The van der Waals surface area contributed by atoms with Crippen LogP contribution in [0.15, 0.2) is 29.1 Å². The molecular formula is C18H21N5O2S. The summed E-state index contributed by atoms with van der Waals surface area (Å²) >= 11 is 1.42. The molecule has 0 aliphatic rings. The largest absolute Gasteiger partial charge is 0.310 e. The first-order valence-electron chi connectivity index (χ1n) is 8.71. The molecule has 7 nitrogen and oxygen atoms in total. The highest BCUT2D eigenvalue weighted by atomic mass is 32.1. The summed E-state index contributed by atoms with van der Waals surface area (Å²) in [5, 5.41) is 13.0. The normalized spacial score (nSPS) is 11.2. The lowest BCUT2D eigenvalue weighted by Gasteiger charge is -2.06. The van der Waals surface area contributed by atoms with Gasteiger partial charge in [0.15, 0.2) is 0 Å². The van der Waals surface area contributed by atoms with E-state index in [9.17, 15) is 9.59 Å². The van der Waals surface area contributed by atoms with E-state index in [0.717, 1.165) is 17.8 Å². The number of fused-ring (bicyclic) bond motifs is 1. The van der Waals surface area contributed by atoms with Gasteiger partial charge in [-0.2, -0.15) is 0 Å². The van der Waals surface area contributed by atoms with Gasteiger partial charge < -0.3 is 10.3 Å². The topological polar surface area (TPSA) is 101 Å². The Bertz CT molecular complexity index is 961. The minimum Gasteiger partial charge on any atom is -0.310 e. The van der Waals surface area contributed by atoms with E-state index in [1.54, 1.807) is 18.2 Å². The van der Waals surface area contributed by atoms with Gasteiger partial charge in [0.05, 0.1) is 10.9 Å². The number of para-hydroxylation sites is 1. The van der Waals surface area contributed by atoms with Crippen molar-refractivity contribution in [1.29, 1.82) is 0 Å². The molecule has 0 saturated heterocycles. The number of nitrogens with one attached hydrogen (secondary N) is 2. The fourth-order valence-electron chi connectivity index (χ4n) is 2.75. The molecule has 26 heavy (non-hydrogen) atoms. The molecule has 1 aromatic carbocycles. The molecule has 0 saturated carbocycles. The Labute approximate surface area is 154 Å². The van der Waals surface area contributed by atoms with Gasteiger partial charge >= 0.3 is 0 Å². The second-order valence-corrected chi connectivity index (χ2v) is 7.05. The predicted molar refractivity (Wildman–Crippen MR) is 103 cm³/mol. The molecular weight excluding hydrogens is 350 g/mol. The van der Waals surface area contributed by atoms with Crippen LogP contribution in [0.25, 0.3) is 10.9 Å². The molecule has 0 aliphatic heterocycles. The van der Waals surface area contributed by atoms with Crippen molar-refractivity contribution >= 4 is 33.3 Å². The highest BCUT2D eigenvalue weighted by molar-refractivity contribution is 7.15. The highest BCUT2D eigenvalue weighted by Crippen LogP contribution is 2.28. The summed E-state index contributed by atoms with van der Waals surface area (Å²) in [6.45, 7) is 4.23. The van der Waals surface area contributed by atoms with Crippen LogP contribution >= 0.6 is 11.3 Å². The Morgan fingerprint density at radius 1 is 1.23 bits per heavy atom. The molecule has 0 atom stereocenters. The summed E-state index contributed by atoms with van der Waals surface area (Å²) in [4.78, 5) is 31.3. The molecule has 136 valence electrons. The lowest BCUT2D eigenvalue weighted by molar-refractivity contribution is -0.116. The molecule has 0 fully saturated rings. The van der Waals surface area contributed by atoms with Gasteiger partial charge in [0, 0.05) is 18.8 Å². The quantitative estimate of drug-likeness (QED) is 0.664. The second-order valence-electron chi connectivity index (χ2n) is 6.04. The van der Waals surface area contributed by atoms with Crippen molar-refractivity contribution in [2.24, 2.45) is 0 Å². The molecule has 0 aliphatic carbocycles. The Kier molecular flexibility index (Phi) is 5.72. The van der Waals surface area contributed by atoms with Crippen molar-refractivity contribution < 1.29 is 4.79 Å². The minimum atomic E-state index is -0.190. The number of aromatic nitrogens is 4. The van der Waals surface area contributed by atoms with E-state index in [1.165, 1.54) is 11.3 Å². The van der Waals surface area contributed by atoms with Crippen LogP contribution in [0.3, 0.4) is 0 Å². The second kappa shape index (κ2) is 8.18. The molecule has 2 heterocycles. The van der Waals surface area contributed by atoms with Gasteiger partial charge in [-0.25, -0.2) is 4.98 Å². The molecule has 3 rings (SSSR count). The zero-order valence-electron chi connectivity index (χ0n) is 14.8. The lowest BCUT2D eigenvalue weighted by atomic mass is 10.1. The van der Waals surface area contributed by atoms with Crippen LogP contribution < -0.4 is 10.9 Å². The number of anilines is 1. The van der Waals surface area contributed by atoms with Crippen LogP contribution in [-0.4, -0.2) is 26.1 Å².